The van der Waals surface area contributed by atoms with Crippen LogP contribution in [0.2, 0.25) is 5.02 Å². The first-order valence-corrected chi connectivity index (χ1v) is 10.5. The summed E-state index contributed by atoms with van der Waals surface area (Å²) < 4.78 is 41.1. The number of carbonyl (C=O) groups is 1. The van der Waals surface area contributed by atoms with Crippen LogP contribution in [0.1, 0.15) is 15.9 Å². The Kier molecular flexibility index (Phi) is 6.32. The number of anilines is 1. The molecule has 0 aliphatic rings. The maximum absolute atomic E-state index is 14.2. The molecule has 0 heterocycles. The lowest BCUT2D eigenvalue weighted by Crippen LogP contribution is -2.27. The van der Waals surface area contributed by atoms with E-state index in [0.29, 0.717) is 10.7 Å². The average molecular weight is 433 g/mol. The van der Waals surface area contributed by atoms with Crippen LogP contribution in [-0.2, 0) is 16.6 Å². The average Bonchev–Trinajstić information content (AvgIpc) is 2.68. The SMILES string of the molecule is CN(Cc1ccccc1)S(=O)(=O)c1ccc(F)c(C(=O)Nc2cccc(Cl)c2)c1. The van der Waals surface area contributed by atoms with Gasteiger partial charge in [-0.05, 0) is 42.0 Å². The molecule has 3 rings (SSSR count). The van der Waals surface area contributed by atoms with Crippen LogP contribution in [-0.4, -0.2) is 25.7 Å². The van der Waals surface area contributed by atoms with Gasteiger partial charge in [0.15, 0.2) is 0 Å². The van der Waals surface area contributed by atoms with E-state index >= 15 is 0 Å². The third-order valence-corrected chi connectivity index (χ3v) is 6.26. The van der Waals surface area contributed by atoms with Gasteiger partial charge in [-0.2, -0.15) is 4.31 Å². The predicted octanol–water partition coefficient (Wildman–Crippen LogP) is 4.55. The fourth-order valence-electron chi connectivity index (χ4n) is 2.71. The van der Waals surface area contributed by atoms with Gasteiger partial charge in [0.2, 0.25) is 10.0 Å². The van der Waals surface area contributed by atoms with Crippen LogP contribution in [0.3, 0.4) is 0 Å². The first kappa shape index (κ1) is 21.0. The number of benzene rings is 3. The number of nitrogens with one attached hydrogen (secondary N) is 1. The number of amides is 1. The maximum Gasteiger partial charge on any atom is 0.258 e. The number of halogens is 2. The Bertz CT molecular complexity index is 1140. The lowest BCUT2D eigenvalue weighted by atomic mass is 10.2. The van der Waals surface area contributed by atoms with Crippen molar-refractivity contribution in [2.45, 2.75) is 11.4 Å². The summed E-state index contributed by atoms with van der Waals surface area (Å²) in [6.45, 7) is 0.143. The van der Waals surface area contributed by atoms with Crippen molar-refractivity contribution < 1.29 is 17.6 Å². The van der Waals surface area contributed by atoms with Crippen LogP contribution in [0.5, 0.6) is 0 Å². The second-order valence-electron chi connectivity index (χ2n) is 6.35. The minimum Gasteiger partial charge on any atom is -0.322 e. The maximum atomic E-state index is 14.2. The highest BCUT2D eigenvalue weighted by Crippen LogP contribution is 2.22. The Morgan fingerprint density at radius 3 is 2.45 bits per heavy atom. The summed E-state index contributed by atoms with van der Waals surface area (Å²) in [4.78, 5) is 12.3. The summed E-state index contributed by atoms with van der Waals surface area (Å²) in [7, 11) is -2.50. The lowest BCUT2D eigenvalue weighted by molar-refractivity contribution is 0.102. The van der Waals surface area contributed by atoms with E-state index in [1.807, 2.05) is 18.2 Å². The van der Waals surface area contributed by atoms with Gasteiger partial charge in [-0.1, -0.05) is 48.0 Å². The monoisotopic (exact) mass is 432 g/mol. The molecule has 0 radical (unpaired) electrons. The number of hydrogen-bond donors (Lipinski definition) is 1. The standard InChI is InChI=1S/C21H18ClFN2O3S/c1-25(14-15-6-3-2-4-7-15)29(27,28)18-10-11-20(23)19(13-18)21(26)24-17-9-5-8-16(22)12-17/h2-13H,14H2,1H3,(H,24,26). The summed E-state index contributed by atoms with van der Waals surface area (Å²) in [5, 5.41) is 2.92. The quantitative estimate of drug-likeness (QED) is 0.621. The molecule has 0 atom stereocenters. The molecule has 1 N–H and O–H groups in total. The Balaban J connectivity index is 1.86. The molecule has 8 heteroatoms. The molecule has 0 saturated carbocycles. The van der Waals surface area contributed by atoms with Crippen molar-refractivity contribution in [3.05, 3.63) is 94.8 Å². The van der Waals surface area contributed by atoms with Gasteiger partial charge >= 0.3 is 0 Å². The molecule has 0 aliphatic heterocycles. The smallest absolute Gasteiger partial charge is 0.258 e. The molecular formula is C21H18ClFN2O3S. The van der Waals surface area contributed by atoms with E-state index in [9.17, 15) is 17.6 Å². The van der Waals surface area contributed by atoms with Gasteiger partial charge in [0, 0.05) is 24.3 Å². The zero-order valence-electron chi connectivity index (χ0n) is 15.5. The van der Waals surface area contributed by atoms with E-state index in [4.69, 9.17) is 11.6 Å². The van der Waals surface area contributed by atoms with Crippen LogP contribution < -0.4 is 5.32 Å². The summed E-state index contributed by atoms with van der Waals surface area (Å²) >= 11 is 5.88. The van der Waals surface area contributed by atoms with E-state index in [-0.39, 0.29) is 17.0 Å². The van der Waals surface area contributed by atoms with Crippen LogP contribution in [0.25, 0.3) is 0 Å². The van der Waals surface area contributed by atoms with Crippen molar-refractivity contribution in [3.63, 3.8) is 0 Å². The number of carbonyl (C=O) groups excluding carboxylic acids is 1. The number of rotatable bonds is 6. The first-order chi connectivity index (χ1) is 13.8. The van der Waals surface area contributed by atoms with Gasteiger partial charge in [0.05, 0.1) is 10.5 Å². The molecule has 0 fully saturated rings. The van der Waals surface area contributed by atoms with Crippen LogP contribution in [0.4, 0.5) is 10.1 Å². The van der Waals surface area contributed by atoms with Gasteiger partial charge in [-0.3, -0.25) is 4.79 Å². The van der Waals surface area contributed by atoms with Crippen molar-refractivity contribution in [1.29, 1.82) is 0 Å². The Hall–Kier alpha value is -2.74. The third-order valence-electron chi connectivity index (χ3n) is 4.22. The van der Waals surface area contributed by atoms with Crippen LogP contribution >= 0.6 is 11.6 Å². The highest BCUT2D eigenvalue weighted by molar-refractivity contribution is 7.89. The van der Waals surface area contributed by atoms with Crippen molar-refractivity contribution in [2.24, 2.45) is 0 Å². The molecular weight excluding hydrogens is 415 g/mol. The third kappa shape index (κ3) is 5.00. The minimum atomic E-state index is -3.92. The summed E-state index contributed by atoms with van der Waals surface area (Å²) in [6, 6.07) is 18.6. The lowest BCUT2D eigenvalue weighted by Gasteiger charge is -2.18. The zero-order valence-corrected chi connectivity index (χ0v) is 17.0. The second kappa shape index (κ2) is 8.73. The van der Waals surface area contributed by atoms with Gasteiger partial charge in [-0.25, -0.2) is 12.8 Å². The summed E-state index contributed by atoms with van der Waals surface area (Å²) in [5.41, 5.74) is 0.801. The molecule has 3 aromatic carbocycles. The summed E-state index contributed by atoms with van der Waals surface area (Å²) in [5.74, 6) is -1.60. The molecule has 150 valence electrons. The molecule has 1 amide bonds. The molecule has 3 aromatic rings. The highest BCUT2D eigenvalue weighted by Gasteiger charge is 2.24. The molecule has 0 aliphatic carbocycles. The van der Waals surface area contributed by atoms with Crippen molar-refractivity contribution in [1.82, 2.24) is 4.31 Å². The number of nitrogens with zero attached hydrogens (tertiary/aromatic N) is 1. The van der Waals surface area contributed by atoms with Gasteiger partial charge in [0.1, 0.15) is 5.82 Å². The fraction of sp³-hybridized carbons (Fsp3) is 0.0952. The van der Waals surface area contributed by atoms with E-state index in [1.54, 1.807) is 30.3 Å². The van der Waals surface area contributed by atoms with Crippen molar-refractivity contribution >= 4 is 33.2 Å². The zero-order chi connectivity index (χ0) is 21.0. The normalized spacial score (nSPS) is 11.4. The highest BCUT2D eigenvalue weighted by atomic mass is 35.5. The first-order valence-electron chi connectivity index (χ1n) is 8.64. The summed E-state index contributed by atoms with van der Waals surface area (Å²) in [6.07, 6.45) is 0. The molecule has 0 spiro atoms. The van der Waals surface area contributed by atoms with Crippen LogP contribution in [0.15, 0.2) is 77.7 Å². The van der Waals surface area contributed by atoms with Gasteiger partial charge < -0.3 is 5.32 Å². The predicted molar refractivity (Wildman–Crippen MR) is 111 cm³/mol. The minimum absolute atomic E-state index is 0.143. The van der Waals surface area contributed by atoms with E-state index < -0.39 is 21.7 Å². The topological polar surface area (TPSA) is 66.5 Å². The molecule has 29 heavy (non-hydrogen) atoms. The fourth-order valence-corrected chi connectivity index (χ4v) is 4.08. The van der Waals surface area contributed by atoms with E-state index in [1.165, 1.54) is 13.1 Å². The molecule has 0 saturated heterocycles. The second-order valence-corrected chi connectivity index (χ2v) is 8.83. The molecule has 0 aromatic heterocycles. The Morgan fingerprint density at radius 1 is 1.03 bits per heavy atom. The number of hydrogen-bond acceptors (Lipinski definition) is 3. The van der Waals surface area contributed by atoms with Crippen molar-refractivity contribution in [2.75, 3.05) is 12.4 Å². The van der Waals surface area contributed by atoms with E-state index in [0.717, 1.165) is 28.1 Å². The molecule has 0 bridgehead atoms. The molecule has 5 nitrogen and oxygen atoms in total. The van der Waals surface area contributed by atoms with Gasteiger partial charge in [-0.15, -0.1) is 0 Å². The number of sulfonamides is 1. The Labute approximate surface area is 173 Å². The van der Waals surface area contributed by atoms with Gasteiger partial charge in [0.25, 0.3) is 5.91 Å². The van der Waals surface area contributed by atoms with Crippen molar-refractivity contribution in [3.8, 4) is 0 Å². The van der Waals surface area contributed by atoms with Crippen LogP contribution in [0, 0.1) is 5.82 Å². The van der Waals surface area contributed by atoms with E-state index in [2.05, 4.69) is 5.32 Å². The Morgan fingerprint density at radius 2 is 1.76 bits per heavy atom. The molecule has 0 unspecified atom stereocenters. The largest absolute Gasteiger partial charge is 0.322 e.